The lowest BCUT2D eigenvalue weighted by Crippen LogP contribution is -2.46. The van der Waals surface area contributed by atoms with E-state index in [1.165, 1.54) is 23.3 Å². The highest BCUT2D eigenvalue weighted by atomic mass is 16.6. The number of hydrazone groups is 1. The second kappa shape index (κ2) is 9.53. The average molecular weight is 415 g/mol. The summed E-state index contributed by atoms with van der Waals surface area (Å²) in [5.74, 6) is 0. The minimum atomic E-state index is -0.384. The first-order valence-electron chi connectivity index (χ1n) is 10.5. The molecule has 0 amide bonds. The molecule has 0 N–H and O–H groups in total. The Morgan fingerprint density at radius 1 is 0.839 bits per heavy atom. The molecule has 158 valence electrons. The number of piperazine rings is 1. The van der Waals surface area contributed by atoms with Crippen molar-refractivity contribution in [2.75, 3.05) is 26.2 Å². The summed E-state index contributed by atoms with van der Waals surface area (Å²) in [5.41, 5.74) is 4.46. The van der Waals surface area contributed by atoms with Gasteiger partial charge in [0.2, 0.25) is 0 Å². The molecule has 0 bridgehead atoms. The van der Waals surface area contributed by atoms with Crippen molar-refractivity contribution in [3.05, 3.63) is 112 Å². The van der Waals surface area contributed by atoms with Gasteiger partial charge in [-0.15, -0.1) is 0 Å². The van der Waals surface area contributed by atoms with Gasteiger partial charge in [0.15, 0.2) is 0 Å². The summed E-state index contributed by atoms with van der Waals surface area (Å²) in [6.45, 7) is 5.43. The molecule has 3 aromatic rings. The number of nitro groups is 1. The van der Waals surface area contributed by atoms with Crippen LogP contribution in [0.15, 0.2) is 90.0 Å². The van der Waals surface area contributed by atoms with Gasteiger partial charge in [0.1, 0.15) is 0 Å². The summed E-state index contributed by atoms with van der Waals surface area (Å²) in [4.78, 5) is 13.0. The number of benzene rings is 3. The Bertz CT molecular complexity index is 989. The minimum Gasteiger partial charge on any atom is -0.294 e. The third kappa shape index (κ3) is 4.98. The quantitative estimate of drug-likeness (QED) is 0.332. The van der Waals surface area contributed by atoms with E-state index in [0.29, 0.717) is 0 Å². The smallest absolute Gasteiger partial charge is 0.269 e. The summed E-state index contributed by atoms with van der Waals surface area (Å²) in [5, 5.41) is 17.7. The zero-order valence-electron chi connectivity index (χ0n) is 17.6. The number of hydrogen-bond acceptors (Lipinski definition) is 5. The number of non-ortho nitro benzene ring substituents is 1. The Balaban J connectivity index is 1.46. The molecule has 6 heteroatoms. The van der Waals surface area contributed by atoms with Gasteiger partial charge in [-0.25, -0.2) is 0 Å². The van der Waals surface area contributed by atoms with Crippen LogP contribution in [0.25, 0.3) is 0 Å². The summed E-state index contributed by atoms with van der Waals surface area (Å²) < 4.78 is 0. The molecule has 6 nitrogen and oxygen atoms in total. The number of rotatable bonds is 6. The van der Waals surface area contributed by atoms with Crippen LogP contribution in [0.3, 0.4) is 0 Å². The van der Waals surface area contributed by atoms with E-state index < -0.39 is 0 Å². The van der Waals surface area contributed by atoms with Crippen molar-refractivity contribution in [2.45, 2.75) is 13.0 Å². The van der Waals surface area contributed by atoms with Gasteiger partial charge in [-0.2, -0.15) is 5.10 Å². The molecule has 4 rings (SSSR count). The molecule has 3 aromatic carbocycles. The highest BCUT2D eigenvalue weighted by molar-refractivity contribution is 5.98. The van der Waals surface area contributed by atoms with E-state index in [0.717, 1.165) is 37.5 Å². The largest absolute Gasteiger partial charge is 0.294 e. The van der Waals surface area contributed by atoms with Gasteiger partial charge in [-0.1, -0.05) is 60.7 Å². The van der Waals surface area contributed by atoms with Gasteiger partial charge < -0.3 is 0 Å². The van der Waals surface area contributed by atoms with Crippen molar-refractivity contribution in [1.82, 2.24) is 9.91 Å². The van der Waals surface area contributed by atoms with Crippen LogP contribution in [0, 0.1) is 10.1 Å². The van der Waals surface area contributed by atoms with Crippen LogP contribution in [-0.4, -0.2) is 46.7 Å². The fourth-order valence-corrected chi connectivity index (χ4v) is 4.05. The maximum atomic E-state index is 10.9. The van der Waals surface area contributed by atoms with E-state index in [9.17, 15) is 10.1 Å². The van der Waals surface area contributed by atoms with Gasteiger partial charge in [0, 0.05) is 38.3 Å². The van der Waals surface area contributed by atoms with Gasteiger partial charge in [0.25, 0.3) is 5.69 Å². The molecular formula is C25H26N4O2. The topological polar surface area (TPSA) is 62.0 Å². The second-order valence-electron chi connectivity index (χ2n) is 7.70. The lowest BCUT2D eigenvalue weighted by atomic mass is 9.96. The van der Waals surface area contributed by atoms with Crippen LogP contribution in [0.2, 0.25) is 0 Å². The van der Waals surface area contributed by atoms with Crippen molar-refractivity contribution in [3.63, 3.8) is 0 Å². The summed E-state index contributed by atoms with van der Waals surface area (Å²) in [6.07, 6.45) is 0. The molecule has 0 aromatic heterocycles. The molecule has 0 radical (unpaired) electrons. The first-order chi connectivity index (χ1) is 15.1. The van der Waals surface area contributed by atoms with Crippen molar-refractivity contribution < 1.29 is 4.92 Å². The molecule has 1 fully saturated rings. The van der Waals surface area contributed by atoms with Crippen molar-refractivity contribution in [1.29, 1.82) is 0 Å². The third-order valence-corrected chi connectivity index (χ3v) is 5.67. The highest BCUT2D eigenvalue weighted by Gasteiger charge is 2.26. The van der Waals surface area contributed by atoms with E-state index >= 15 is 0 Å². The zero-order chi connectivity index (χ0) is 21.6. The molecule has 1 saturated heterocycles. The predicted octanol–water partition coefficient (Wildman–Crippen LogP) is 4.73. The molecule has 1 heterocycles. The van der Waals surface area contributed by atoms with E-state index in [4.69, 9.17) is 5.10 Å². The number of nitrogens with zero attached hydrogens (tertiary/aromatic N) is 4. The fraction of sp³-hybridized carbons (Fsp3) is 0.240. The van der Waals surface area contributed by atoms with Crippen LogP contribution in [0.5, 0.6) is 0 Å². The van der Waals surface area contributed by atoms with Crippen molar-refractivity contribution >= 4 is 11.4 Å². The van der Waals surface area contributed by atoms with Crippen LogP contribution in [0.4, 0.5) is 5.69 Å². The van der Waals surface area contributed by atoms with Crippen LogP contribution in [0.1, 0.15) is 29.7 Å². The molecule has 0 aliphatic carbocycles. The maximum Gasteiger partial charge on any atom is 0.269 e. The lowest BCUT2D eigenvalue weighted by Gasteiger charge is -2.39. The maximum absolute atomic E-state index is 10.9. The molecule has 0 spiro atoms. The van der Waals surface area contributed by atoms with Crippen molar-refractivity contribution in [3.8, 4) is 0 Å². The Morgan fingerprint density at radius 3 is 1.84 bits per heavy atom. The molecule has 1 aliphatic heterocycles. The van der Waals surface area contributed by atoms with Crippen molar-refractivity contribution in [2.24, 2.45) is 5.10 Å². The lowest BCUT2D eigenvalue weighted by molar-refractivity contribution is -0.384. The fourth-order valence-electron chi connectivity index (χ4n) is 4.05. The zero-order valence-corrected chi connectivity index (χ0v) is 17.6. The Kier molecular flexibility index (Phi) is 6.38. The third-order valence-electron chi connectivity index (χ3n) is 5.67. The molecular weight excluding hydrogens is 388 g/mol. The summed E-state index contributed by atoms with van der Waals surface area (Å²) >= 11 is 0. The Morgan fingerprint density at radius 2 is 1.35 bits per heavy atom. The summed E-state index contributed by atoms with van der Waals surface area (Å²) in [6, 6.07) is 28.1. The van der Waals surface area contributed by atoms with Gasteiger partial charge >= 0.3 is 0 Å². The monoisotopic (exact) mass is 414 g/mol. The second-order valence-corrected chi connectivity index (χ2v) is 7.70. The van der Waals surface area contributed by atoms with E-state index in [1.54, 1.807) is 12.1 Å². The van der Waals surface area contributed by atoms with E-state index in [2.05, 4.69) is 70.6 Å². The normalized spacial score (nSPS) is 15.3. The highest BCUT2D eigenvalue weighted by Crippen LogP contribution is 2.29. The average Bonchev–Trinajstić information content (AvgIpc) is 2.82. The first kappa shape index (κ1) is 20.8. The predicted molar refractivity (Wildman–Crippen MR) is 123 cm³/mol. The van der Waals surface area contributed by atoms with Crippen LogP contribution in [-0.2, 0) is 0 Å². The molecule has 1 aliphatic rings. The van der Waals surface area contributed by atoms with E-state index in [-0.39, 0.29) is 16.7 Å². The summed E-state index contributed by atoms with van der Waals surface area (Å²) in [7, 11) is 0. The molecule has 0 unspecified atom stereocenters. The van der Waals surface area contributed by atoms with Gasteiger partial charge in [-0.3, -0.25) is 20.0 Å². The van der Waals surface area contributed by atoms with Crippen LogP contribution < -0.4 is 0 Å². The van der Waals surface area contributed by atoms with Gasteiger partial charge in [-0.05, 0) is 35.7 Å². The SMILES string of the molecule is C/C(=N/N1CCN(C(c2ccccc2)c2ccccc2)CC1)c1ccc([N+](=O)[O-])cc1. The first-order valence-corrected chi connectivity index (χ1v) is 10.5. The molecule has 31 heavy (non-hydrogen) atoms. The van der Waals surface area contributed by atoms with Gasteiger partial charge in [0.05, 0.1) is 16.7 Å². The number of nitro benzene ring substituents is 1. The molecule has 0 atom stereocenters. The number of hydrogen-bond donors (Lipinski definition) is 0. The Labute approximate surface area is 182 Å². The minimum absolute atomic E-state index is 0.0954. The van der Waals surface area contributed by atoms with E-state index in [1.807, 2.05) is 6.92 Å². The Hall–Kier alpha value is -3.51. The molecule has 0 saturated carbocycles. The standard InChI is InChI=1S/C25H26N4O2/c1-20(21-12-14-24(15-13-21)29(30)31)26-28-18-16-27(17-19-28)25(22-8-4-2-5-9-22)23-10-6-3-7-11-23/h2-15,25H,16-19H2,1H3/b26-20-. The van der Waals surface area contributed by atoms with Crippen LogP contribution >= 0.6 is 0 Å².